The van der Waals surface area contributed by atoms with Gasteiger partial charge in [0.1, 0.15) is 11.6 Å². The largest absolute Gasteiger partial charge is 0.467 e. The molecule has 0 spiro atoms. The average Bonchev–Trinajstić information content (AvgIpc) is 3.36. The SMILES string of the molecule is Cn1c(Cc2cccc3ccccc23)nnc1SCC(=O)NCc1ccco1. The Labute approximate surface area is 167 Å². The van der Waals surface area contributed by atoms with Crippen LogP contribution in [-0.4, -0.2) is 26.4 Å². The van der Waals surface area contributed by atoms with Crippen LogP contribution < -0.4 is 5.32 Å². The molecule has 4 rings (SSSR count). The topological polar surface area (TPSA) is 73.0 Å². The second kappa shape index (κ2) is 8.31. The molecule has 0 aliphatic rings. The van der Waals surface area contributed by atoms with Crippen LogP contribution in [0.4, 0.5) is 0 Å². The van der Waals surface area contributed by atoms with E-state index in [1.54, 1.807) is 12.3 Å². The lowest BCUT2D eigenvalue weighted by Gasteiger charge is -2.07. The molecule has 2 aromatic carbocycles. The minimum Gasteiger partial charge on any atom is -0.467 e. The molecule has 0 saturated heterocycles. The van der Waals surface area contributed by atoms with E-state index in [0.29, 0.717) is 13.0 Å². The molecule has 1 amide bonds. The summed E-state index contributed by atoms with van der Waals surface area (Å²) in [5.74, 6) is 1.81. The first-order valence-electron chi connectivity index (χ1n) is 8.97. The van der Waals surface area contributed by atoms with Crippen molar-refractivity contribution >= 4 is 28.4 Å². The van der Waals surface area contributed by atoms with Crippen LogP contribution in [0.15, 0.2) is 70.4 Å². The highest BCUT2D eigenvalue weighted by molar-refractivity contribution is 7.99. The van der Waals surface area contributed by atoms with Crippen LogP contribution in [0.25, 0.3) is 10.8 Å². The number of furan rings is 1. The van der Waals surface area contributed by atoms with Gasteiger partial charge in [0.05, 0.1) is 18.6 Å². The van der Waals surface area contributed by atoms with Crippen molar-refractivity contribution in [2.75, 3.05) is 5.75 Å². The van der Waals surface area contributed by atoms with Crippen molar-refractivity contribution in [1.29, 1.82) is 0 Å². The maximum Gasteiger partial charge on any atom is 0.230 e. The summed E-state index contributed by atoms with van der Waals surface area (Å²) in [4.78, 5) is 12.0. The first-order valence-corrected chi connectivity index (χ1v) is 9.96. The monoisotopic (exact) mass is 392 g/mol. The Bertz CT molecular complexity index is 1080. The third kappa shape index (κ3) is 4.09. The predicted octanol–water partition coefficient (Wildman–Crippen LogP) is 3.56. The molecule has 0 fully saturated rings. The van der Waals surface area contributed by atoms with Crippen LogP contribution in [0, 0.1) is 0 Å². The van der Waals surface area contributed by atoms with Crippen LogP contribution >= 0.6 is 11.8 Å². The van der Waals surface area contributed by atoms with E-state index < -0.39 is 0 Å². The van der Waals surface area contributed by atoms with Crippen molar-refractivity contribution in [2.45, 2.75) is 18.1 Å². The molecule has 0 atom stereocenters. The Kier molecular flexibility index (Phi) is 5.43. The van der Waals surface area contributed by atoms with E-state index in [-0.39, 0.29) is 11.7 Å². The summed E-state index contributed by atoms with van der Waals surface area (Å²) in [6.07, 6.45) is 2.28. The zero-order valence-electron chi connectivity index (χ0n) is 15.5. The molecule has 6 nitrogen and oxygen atoms in total. The Morgan fingerprint density at radius 3 is 2.82 bits per heavy atom. The highest BCUT2D eigenvalue weighted by Crippen LogP contribution is 2.22. The summed E-state index contributed by atoms with van der Waals surface area (Å²) in [5, 5.41) is 14.6. The zero-order valence-corrected chi connectivity index (χ0v) is 16.3. The third-order valence-electron chi connectivity index (χ3n) is 4.53. The second-order valence-electron chi connectivity index (χ2n) is 6.42. The van der Waals surface area contributed by atoms with Gasteiger partial charge in [-0.1, -0.05) is 54.2 Å². The lowest BCUT2D eigenvalue weighted by atomic mass is 10.0. The molecule has 0 aliphatic heterocycles. The maximum absolute atomic E-state index is 12.0. The van der Waals surface area contributed by atoms with E-state index in [1.807, 2.05) is 29.8 Å². The standard InChI is InChI=1S/C21H20N4O2S/c1-25-19(12-16-8-4-7-15-6-2-3-10-18(15)16)23-24-21(25)28-14-20(26)22-13-17-9-5-11-27-17/h2-11H,12-14H2,1H3,(H,22,26). The molecule has 2 aromatic heterocycles. The fourth-order valence-corrected chi connectivity index (χ4v) is 3.78. The van der Waals surface area contributed by atoms with Crippen molar-refractivity contribution in [3.8, 4) is 0 Å². The number of hydrogen-bond donors (Lipinski definition) is 1. The number of aromatic nitrogens is 3. The van der Waals surface area contributed by atoms with Crippen molar-refractivity contribution in [3.63, 3.8) is 0 Å². The van der Waals surface area contributed by atoms with Crippen LogP contribution in [-0.2, 0) is 24.8 Å². The number of thioether (sulfide) groups is 1. The van der Waals surface area contributed by atoms with Gasteiger partial charge in [-0.2, -0.15) is 0 Å². The van der Waals surface area contributed by atoms with E-state index in [4.69, 9.17) is 4.42 Å². The molecular formula is C21H20N4O2S. The minimum absolute atomic E-state index is 0.0694. The van der Waals surface area contributed by atoms with Gasteiger partial charge in [-0.05, 0) is 28.5 Å². The third-order valence-corrected chi connectivity index (χ3v) is 5.55. The van der Waals surface area contributed by atoms with E-state index in [9.17, 15) is 4.79 Å². The van der Waals surface area contributed by atoms with E-state index in [0.717, 1.165) is 16.7 Å². The highest BCUT2D eigenvalue weighted by Gasteiger charge is 2.13. The summed E-state index contributed by atoms with van der Waals surface area (Å²) < 4.78 is 7.16. The quantitative estimate of drug-likeness (QED) is 0.487. The Morgan fingerprint density at radius 1 is 1.11 bits per heavy atom. The fraction of sp³-hybridized carbons (Fsp3) is 0.190. The van der Waals surface area contributed by atoms with Crippen molar-refractivity contribution in [3.05, 3.63) is 78.0 Å². The lowest BCUT2D eigenvalue weighted by Crippen LogP contribution is -2.24. The first-order chi connectivity index (χ1) is 13.7. The van der Waals surface area contributed by atoms with Crippen LogP contribution in [0.1, 0.15) is 17.1 Å². The number of carbonyl (C=O) groups is 1. The summed E-state index contributed by atoms with van der Waals surface area (Å²) in [7, 11) is 1.93. The number of amides is 1. The number of rotatable bonds is 7. The molecule has 0 saturated carbocycles. The highest BCUT2D eigenvalue weighted by atomic mass is 32.2. The summed E-state index contributed by atoms with van der Waals surface area (Å²) in [5.41, 5.74) is 1.21. The number of hydrogen-bond acceptors (Lipinski definition) is 5. The molecular weight excluding hydrogens is 372 g/mol. The Morgan fingerprint density at radius 2 is 1.96 bits per heavy atom. The molecule has 142 valence electrons. The number of fused-ring (bicyclic) bond motifs is 1. The van der Waals surface area contributed by atoms with Gasteiger partial charge in [-0.3, -0.25) is 4.79 Å². The minimum atomic E-state index is -0.0694. The van der Waals surface area contributed by atoms with E-state index in [2.05, 4.69) is 45.8 Å². The second-order valence-corrected chi connectivity index (χ2v) is 7.36. The van der Waals surface area contributed by atoms with Gasteiger partial charge >= 0.3 is 0 Å². The van der Waals surface area contributed by atoms with Gasteiger partial charge < -0.3 is 14.3 Å². The number of nitrogens with zero attached hydrogens (tertiary/aromatic N) is 3. The molecule has 0 unspecified atom stereocenters. The van der Waals surface area contributed by atoms with Crippen molar-refractivity contribution in [2.24, 2.45) is 7.05 Å². The smallest absolute Gasteiger partial charge is 0.230 e. The van der Waals surface area contributed by atoms with Gasteiger partial charge in [0.2, 0.25) is 5.91 Å². The number of carbonyl (C=O) groups excluding carboxylic acids is 1. The van der Waals surface area contributed by atoms with Crippen LogP contribution in [0.3, 0.4) is 0 Å². The number of nitrogens with one attached hydrogen (secondary N) is 1. The molecule has 2 heterocycles. The molecule has 0 radical (unpaired) electrons. The van der Waals surface area contributed by atoms with E-state index >= 15 is 0 Å². The molecule has 7 heteroatoms. The summed E-state index contributed by atoms with van der Waals surface area (Å²) in [6.45, 7) is 0.386. The first kappa shape index (κ1) is 18.3. The van der Waals surface area contributed by atoms with Gasteiger partial charge in [0.25, 0.3) is 0 Å². The van der Waals surface area contributed by atoms with Crippen molar-refractivity contribution in [1.82, 2.24) is 20.1 Å². The number of benzene rings is 2. The lowest BCUT2D eigenvalue weighted by molar-refractivity contribution is -0.118. The zero-order chi connectivity index (χ0) is 19.3. The van der Waals surface area contributed by atoms with E-state index in [1.165, 1.54) is 28.1 Å². The van der Waals surface area contributed by atoms with Gasteiger partial charge in [0, 0.05) is 13.5 Å². The Hall–Kier alpha value is -3.06. The fourth-order valence-electron chi connectivity index (χ4n) is 3.02. The van der Waals surface area contributed by atoms with Crippen LogP contribution in [0.5, 0.6) is 0 Å². The van der Waals surface area contributed by atoms with Crippen LogP contribution in [0.2, 0.25) is 0 Å². The molecule has 28 heavy (non-hydrogen) atoms. The van der Waals surface area contributed by atoms with Crippen molar-refractivity contribution < 1.29 is 9.21 Å². The average molecular weight is 392 g/mol. The predicted molar refractivity (Wildman–Crippen MR) is 109 cm³/mol. The Balaban J connectivity index is 1.39. The summed E-state index contributed by atoms with van der Waals surface area (Å²) in [6, 6.07) is 18.2. The van der Waals surface area contributed by atoms with Gasteiger partial charge in [-0.25, -0.2) is 0 Å². The molecule has 0 bridgehead atoms. The maximum atomic E-state index is 12.0. The molecule has 1 N–H and O–H groups in total. The molecule has 0 aliphatic carbocycles. The normalized spacial score (nSPS) is 11.0. The van der Waals surface area contributed by atoms with Gasteiger partial charge in [-0.15, -0.1) is 10.2 Å². The van der Waals surface area contributed by atoms with Gasteiger partial charge in [0.15, 0.2) is 5.16 Å². The summed E-state index contributed by atoms with van der Waals surface area (Å²) >= 11 is 1.37. The molecule has 4 aromatic rings.